The van der Waals surface area contributed by atoms with Gasteiger partial charge in [0, 0.05) is 20.2 Å². The molecule has 1 aliphatic carbocycles. The smallest absolute Gasteiger partial charge is 0.407 e. The van der Waals surface area contributed by atoms with Gasteiger partial charge < -0.3 is 39.6 Å². The molecule has 0 aromatic rings. The second kappa shape index (κ2) is 24.1. The molecule has 3 aliphatic rings. The molecule has 8 atom stereocenters. The number of epoxide rings is 2. The monoisotopic (exact) mass is 838 g/mol. The number of hydrogen-bond donors (Lipinski definition) is 7. The molecular formula is C41H71N7O11. The summed E-state index contributed by atoms with van der Waals surface area (Å²) in [5, 5.41) is 8.44. The van der Waals surface area contributed by atoms with E-state index < -0.39 is 53.6 Å². The number of ether oxygens (including phenoxy) is 5. The zero-order valence-corrected chi connectivity index (χ0v) is 36.6. The van der Waals surface area contributed by atoms with Gasteiger partial charge in [0.2, 0.25) is 17.5 Å². The van der Waals surface area contributed by atoms with Crippen molar-refractivity contribution in [2.75, 3.05) is 53.0 Å². The minimum Gasteiger partial charge on any atom is -0.447 e. The number of ketones is 3. The van der Waals surface area contributed by atoms with Gasteiger partial charge in [0.1, 0.15) is 35.8 Å². The lowest BCUT2D eigenvalue weighted by atomic mass is 9.68. The van der Waals surface area contributed by atoms with Crippen LogP contribution in [0.5, 0.6) is 0 Å². The van der Waals surface area contributed by atoms with Gasteiger partial charge in [-0.15, -0.1) is 0 Å². The summed E-state index contributed by atoms with van der Waals surface area (Å²) in [5.74, 6) is -2.03. The quantitative estimate of drug-likeness (QED) is 0.0197. The second-order valence-corrected chi connectivity index (χ2v) is 17.0. The summed E-state index contributed by atoms with van der Waals surface area (Å²) in [6, 6.07) is -1.30. The van der Waals surface area contributed by atoms with Crippen molar-refractivity contribution < 1.29 is 52.5 Å². The molecule has 3 rings (SSSR count). The minimum absolute atomic E-state index is 0.0243. The number of methoxy groups -OCH3 is 1. The Morgan fingerprint density at radius 2 is 1.51 bits per heavy atom. The number of Topliss-reactive ketones (excluding diaryl/α,β-unsaturated/α-hetero) is 3. The molecule has 59 heavy (non-hydrogen) atoms. The first-order chi connectivity index (χ1) is 27.9. The van der Waals surface area contributed by atoms with Gasteiger partial charge in [-0.25, -0.2) is 25.9 Å². The Morgan fingerprint density at radius 1 is 0.847 bits per heavy atom. The third-order valence-electron chi connectivity index (χ3n) is 11.1. The number of unbranched alkanes of at least 4 members (excludes halogenated alkanes) is 3. The molecule has 2 saturated heterocycles. The molecule has 7 N–H and O–H groups in total. The van der Waals surface area contributed by atoms with Crippen molar-refractivity contribution in [2.24, 2.45) is 17.8 Å². The highest BCUT2D eigenvalue weighted by molar-refractivity contribution is 6.40. The number of hydrazine groups is 2. The topological polar surface area (TPSA) is 239 Å². The molecular weight excluding hydrogens is 766 g/mol. The van der Waals surface area contributed by atoms with E-state index in [0.717, 1.165) is 32.1 Å². The summed E-state index contributed by atoms with van der Waals surface area (Å²) in [4.78, 5) is 73.7. The molecule has 3 amide bonds. The molecule has 18 heteroatoms. The van der Waals surface area contributed by atoms with Crippen LogP contribution in [0.15, 0.2) is 11.6 Å². The zero-order valence-electron chi connectivity index (χ0n) is 36.6. The summed E-state index contributed by atoms with van der Waals surface area (Å²) in [6.07, 6.45) is 5.41. The van der Waals surface area contributed by atoms with Crippen molar-refractivity contribution in [1.29, 1.82) is 0 Å². The number of allylic oxidation sites excluding steroid dienone is 1. The van der Waals surface area contributed by atoms with Crippen LogP contribution in [0.1, 0.15) is 100 Å². The third-order valence-corrected chi connectivity index (χ3v) is 11.1. The molecule has 1 spiro atoms. The van der Waals surface area contributed by atoms with Crippen LogP contribution >= 0.6 is 0 Å². The fourth-order valence-electron chi connectivity index (χ4n) is 7.46. The normalized spacial score (nSPS) is 25.5. The summed E-state index contributed by atoms with van der Waals surface area (Å²) in [7, 11) is 1.64. The molecule has 2 aliphatic heterocycles. The van der Waals surface area contributed by atoms with E-state index in [1.165, 1.54) is 12.5 Å². The number of nitrogens with one attached hydrogen (secondary N) is 7. The van der Waals surface area contributed by atoms with Crippen molar-refractivity contribution in [3.63, 3.8) is 0 Å². The first kappa shape index (κ1) is 49.8. The van der Waals surface area contributed by atoms with Crippen LogP contribution in [0, 0.1) is 17.8 Å². The van der Waals surface area contributed by atoms with Crippen LogP contribution in [0.4, 0.5) is 9.59 Å². The molecule has 4 unspecified atom stereocenters. The van der Waals surface area contributed by atoms with Crippen LogP contribution in [0.2, 0.25) is 0 Å². The first-order valence-electron chi connectivity index (χ1n) is 21.1. The predicted molar refractivity (Wildman–Crippen MR) is 219 cm³/mol. The SMILES string of the molecule is COC1C(OC(=O)N[C@@H](COC(=O)NCCCCCCNC(=O)CNN[C@H](C(=O)C(=O)CNNCC(C)=O)C(C)C)C(C)C)CC[C@]2(CO2)C1C1(C)O[C@@H]1CC=C(C)C. The van der Waals surface area contributed by atoms with E-state index in [1.807, 2.05) is 13.8 Å². The maximum Gasteiger partial charge on any atom is 0.407 e. The van der Waals surface area contributed by atoms with Gasteiger partial charge in [0.05, 0.1) is 50.3 Å². The molecule has 1 saturated carbocycles. The highest BCUT2D eigenvalue weighted by atomic mass is 16.6. The van der Waals surface area contributed by atoms with Crippen LogP contribution in [-0.4, -0.2) is 130 Å². The van der Waals surface area contributed by atoms with Crippen molar-refractivity contribution in [3.8, 4) is 0 Å². The Bertz CT molecular complexity index is 1450. The lowest BCUT2D eigenvalue weighted by Crippen LogP contribution is -2.56. The largest absolute Gasteiger partial charge is 0.447 e. The fourth-order valence-corrected chi connectivity index (χ4v) is 7.46. The van der Waals surface area contributed by atoms with E-state index in [0.29, 0.717) is 32.5 Å². The Hall–Kier alpha value is -3.52. The number of carbonyl (C=O) groups is 6. The zero-order chi connectivity index (χ0) is 43.8. The van der Waals surface area contributed by atoms with Crippen LogP contribution in [-0.2, 0) is 42.9 Å². The van der Waals surface area contributed by atoms with E-state index in [2.05, 4.69) is 64.5 Å². The molecule has 0 aromatic carbocycles. The molecule has 0 radical (unpaired) electrons. The number of hydrogen-bond acceptors (Lipinski definition) is 15. The Balaban J connectivity index is 1.27. The van der Waals surface area contributed by atoms with Gasteiger partial charge in [-0.3, -0.25) is 24.6 Å². The maximum absolute atomic E-state index is 13.2. The third kappa shape index (κ3) is 16.1. The summed E-state index contributed by atoms with van der Waals surface area (Å²) < 4.78 is 29.7. The van der Waals surface area contributed by atoms with Gasteiger partial charge in [0.25, 0.3) is 0 Å². The lowest BCUT2D eigenvalue weighted by molar-refractivity contribution is -0.138. The Kier molecular flexibility index (Phi) is 20.3. The number of amides is 3. The van der Waals surface area contributed by atoms with Gasteiger partial charge in [-0.1, -0.05) is 52.2 Å². The van der Waals surface area contributed by atoms with E-state index in [9.17, 15) is 28.8 Å². The molecule has 18 nitrogen and oxygen atoms in total. The van der Waals surface area contributed by atoms with Gasteiger partial charge in [-0.2, -0.15) is 0 Å². The number of alkyl carbamates (subject to hydrolysis) is 2. The summed E-state index contributed by atoms with van der Waals surface area (Å²) in [6.45, 7) is 16.2. The van der Waals surface area contributed by atoms with Crippen LogP contribution < -0.4 is 37.7 Å². The average Bonchev–Trinajstić information content (AvgIpc) is 4.09. The molecule has 336 valence electrons. The van der Waals surface area contributed by atoms with Crippen LogP contribution in [0.3, 0.4) is 0 Å². The highest BCUT2D eigenvalue weighted by Crippen LogP contribution is 2.59. The number of rotatable bonds is 28. The predicted octanol–water partition coefficient (Wildman–Crippen LogP) is 2.16. The molecule has 0 aromatic heterocycles. The van der Waals surface area contributed by atoms with E-state index in [-0.39, 0.29) is 67.4 Å². The Morgan fingerprint density at radius 3 is 2.10 bits per heavy atom. The first-order valence-corrected chi connectivity index (χ1v) is 21.1. The van der Waals surface area contributed by atoms with Crippen molar-refractivity contribution >= 4 is 35.4 Å². The summed E-state index contributed by atoms with van der Waals surface area (Å²) >= 11 is 0. The van der Waals surface area contributed by atoms with Crippen molar-refractivity contribution in [3.05, 3.63) is 11.6 Å². The van der Waals surface area contributed by atoms with E-state index in [1.54, 1.807) is 21.0 Å². The van der Waals surface area contributed by atoms with E-state index >= 15 is 0 Å². The lowest BCUT2D eigenvalue weighted by Gasteiger charge is -2.42. The molecule has 0 bridgehead atoms. The van der Waals surface area contributed by atoms with Gasteiger partial charge in [0.15, 0.2) is 0 Å². The van der Waals surface area contributed by atoms with Gasteiger partial charge >= 0.3 is 12.2 Å². The summed E-state index contributed by atoms with van der Waals surface area (Å²) in [5.41, 5.74) is 11.1. The maximum atomic E-state index is 13.2. The second-order valence-electron chi connectivity index (χ2n) is 17.0. The van der Waals surface area contributed by atoms with Gasteiger partial charge in [-0.05, 0) is 71.6 Å². The standard InChI is InChI=1S/C41H71N7O11/c1-25(2)14-15-32-40(8,59-32)37-36(55-9)31(16-17-41(37)24-57-41)58-39(54)47-29(26(3)4)23-56-38(53)43-19-13-11-10-12-18-42-33(51)22-46-48-34(27(5)6)35(52)30(50)21-45-44-20-28(7)49/h14,26-27,29,31-32,34,36-37,44-46,48H,10-13,15-24H2,1-9H3,(H,42,51)(H,43,53)(H,47,54)/t29-,31?,32+,34-,36?,37?,40?,41-/m0/s1. The van der Waals surface area contributed by atoms with E-state index in [4.69, 9.17) is 23.7 Å². The van der Waals surface area contributed by atoms with Crippen molar-refractivity contribution in [1.82, 2.24) is 37.7 Å². The minimum atomic E-state index is -0.831. The van der Waals surface area contributed by atoms with Crippen molar-refractivity contribution in [2.45, 2.75) is 142 Å². The highest BCUT2D eigenvalue weighted by Gasteiger charge is 2.72. The molecule has 3 fully saturated rings. The van der Waals surface area contributed by atoms with Crippen LogP contribution in [0.25, 0.3) is 0 Å². The fraction of sp³-hybridized carbons (Fsp3) is 0.805. The number of carbonyl (C=O) groups excluding carboxylic acids is 6. The Labute approximate surface area is 349 Å². The molecule has 2 heterocycles. The average molecular weight is 838 g/mol.